The van der Waals surface area contributed by atoms with Gasteiger partial charge in [-0.2, -0.15) is 0 Å². The number of likely N-dealkylation sites (N-methyl/N-ethyl adjacent to an activating group) is 1. The third kappa shape index (κ3) is 32.2. The minimum atomic E-state index is -1.03. The van der Waals surface area contributed by atoms with E-state index < -0.39 is 83.1 Å². The molecular weight excluding hydrogens is 1670 g/mol. The van der Waals surface area contributed by atoms with E-state index in [0.29, 0.717) is 200 Å². The number of carbonyl (C=O) groups is 13. The van der Waals surface area contributed by atoms with Gasteiger partial charge in [-0.3, -0.25) is 82.1 Å². The number of esters is 1. The predicted molar refractivity (Wildman–Crippen MR) is 464 cm³/mol. The molecule has 11 amide bonds. The van der Waals surface area contributed by atoms with Gasteiger partial charge in [0.25, 0.3) is 35.4 Å². The highest BCUT2D eigenvalue weighted by molar-refractivity contribution is 6.23. The van der Waals surface area contributed by atoms with Crippen LogP contribution in [0.5, 0.6) is 0 Å². The number of H-pyrrole nitrogens is 2. The lowest BCUT2D eigenvalue weighted by molar-refractivity contribution is -0.141. The van der Waals surface area contributed by atoms with E-state index in [9.17, 15) is 57.5 Å². The largest absolute Gasteiger partial charge is 0.481 e. The van der Waals surface area contributed by atoms with Gasteiger partial charge in [0.1, 0.15) is 18.7 Å². The van der Waals surface area contributed by atoms with Gasteiger partial charge >= 0.3 is 11.9 Å². The lowest BCUT2D eigenvalue weighted by Crippen LogP contribution is -2.52. The Morgan fingerprint density at radius 1 is 0.555 bits per heavy atom. The molecule has 4 atom stereocenters. The number of carboxylic acids is 1. The molecule has 8 bridgehead atoms. The average molecular weight is 1800 g/mol. The van der Waals surface area contributed by atoms with E-state index in [0.717, 1.165) is 38.7 Å². The highest BCUT2D eigenvalue weighted by Gasteiger charge is 2.42. The Morgan fingerprint density at radius 3 is 1.63 bits per heavy atom. The van der Waals surface area contributed by atoms with Crippen molar-refractivity contribution in [1.82, 2.24) is 65.7 Å². The molecule has 3 aromatic heterocycles. The molecule has 128 heavy (non-hydrogen) atoms. The number of hydrogen-bond acceptors (Lipinski definition) is 29. The Hall–Kier alpha value is -10.7. The molecule has 1 saturated heterocycles. The molecular formula is C88H123N13O27. The number of aliphatic carboxylic acids is 1. The maximum absolute atomic E-state index is 15.5. The van der Waals surface area contributed by atoms with Gasteiger partial charge in [0.15, 0.2) is 0 Å². The fourth-order valence-electron chi connectivity index (χ4n) is 14.2. The van der Waals surface area contributed by atoms with Gasteiger partial charge in [0.05, 0.1) is 192 Å². The number of nitrogens with zero attached hydrogens (tertiary/aromatic N) is 7. The first-order valence-electron chi connectivity index (χ1n) is 43.3. The van der Waals surface area contributed by atoms with Crippen LogP contribution in [-0.2, 0) is 110 Å². The minimum Gasteiger partial charge on any atom is -0.481 e. The second kappa shape index (κ2) is 54.6. The van der Waals surface area contributed by atoms with Crippen LogP contribution in [0.25, 0.3) is 39.3 Å². The van der Waals surface area contributed by atoms with E-state index in [-0.39, 0.29) is 141 Å². The van der Waals surface area contributed by atoms with E-state index in [1.165, 1.54) is 41.9 Å². The summed E-state index contributed by atoms with van der Waals surface area (Å²) in [5, 5.41) is 28.0. The van der Waals surface area contributed by atoms with Crippen molar-refractivity contribution < 1.29 is 129 Å². The number of hydrogen-bond donors (Lipinski definition) is 8. The van der Waals surface area contributed by atoms with Crippen molar-refractivity contribution in [3.63, 3.8) is 0 Å². The number of carbonyl (C=O) groups excluding carboxylic acids is 12. The number of morpholine rings is 1. The maximum atomic E-state index is 15.5. The molecule has 0 radical (unpaired) electrons. The summed E-state index contributed by atoms with van der Waals surface area (Å²) in [5.74, 6) is -7.22. The Kier molecular flexibility index (Phi) is 43.8. The SMILES string of the molecule is CCC1=C(C)c2cc3[nH]c(cc4nc(c5c6[nH]c(cc1n2)c(C)c6C(=O)N(CCN1CCOCC1)C5=O)[C@@H](CCC(=O)N(C)CCNC(=O)[C@H](C)NC(=O)[C@H](C)NC(=O)CCOCCOCCOCCOCCOCCOCCOCCOCCNC(=O)CCN1C(=O)C=CC1=O)[C@@H]4C)c(C)c3/C=C/C(=O)OCCOCCOCCO.O=C(O)CCN1C(=O)C=CC1=O. The number of rotatable bonds is 57. The summed E-state index contributed by atoms with van der Waals surface area (Å²) >= 11 is 0. The van der Waals surface area contributed by atoms with Crippen molar-refractivity contribution in [3.8, 4) is 0 Å². The highest BCUT2D eigenvalue weighted by atomic mass is 16.6. The average Bonchev–Trinajstić information content (AvgIpc) is 1.56. The zero-order valence-electron chi connectivity index (χ0n) is 74.3. The van der Waals surface area contributed by atoms with Crippen LogP contribution in [0.4, 0.5) is 0 Å². The van der Waals surface area contributed by atoms with Gasteiger partial charge in [0.2, 0.25) is 29.5 Å². The van der Waals surface area contributed by atoms with E-state index in [1.807, 2.05) is 52.8 Å². The monoisotopic (exact) mass is 1790 g/mol. The smallest absolute Gasteiger partial charge is 0.330 e. The molecule has 6 aliphatic rings. The summed E-state index contributed by atoms with van der Waals surface area (Å²) in [6.45, 7) is 22.4. The molecule has 8 N–H and O–H groups in total. The number of aliphatic hydroxyl groups excluding tert-OH is 1. The van der Waals surface area contributed by atoms with Crippen LogP contribution < -0.4 is 21.3 Å². The number of aryl methyl sites for hydroxylation is 2. The molecule has 40 nitrogen and oxygen atoms in total. The van der Waals surface area contributed by atoms with Gasteiger partial charge in [0, 0.05) is 155 Å². The van der Waals surface area contributed by atoms with Crippen LogP contribution in [0.1, 0.15) is 145 Å². The first-order chi connectivity index (χ1) is 61.7. The Balaban J connectivity index is 0.00000155. The Morgan fingerprint density at radius 2 is 1.07 bits per heavy atom. The number of allylic oxidation sites excluding steroid dienone is 2. The number of carboxylic acid groups (broad SMARTS) is 1. The molecule has 9 heterocycles. The Labute approximate surface area is 742 Å². The molecule has 3 aromatic rings. The number of aliphatic hydroxyl groups is 1. The van der Waals surface area contributed by atoms with Crippen molar-refractivity contribution in [2.45, 2.75) is 111 Å². The molecule has 40 heteroatoms. The van der Waals surface area contributed by atoms with Crippen molar-refractivity contribution in [2.24, 2.45) is 0 Å². The number of fused-ring (bicyclic) bond motifs is 8. The standard InChI is InChI=1S/C81H116N12O23.C7H7NO4/c1-9-59-53(2)63-51-67-60(11-15-73(100)116-49-48-115-37-34-108-31-26-94)54(3)62(87-67)50-64-55(4)61(76(88-64)75-77-74(56(5)65(89-77)52-66(59)86-63)80(103)93(81(75)104)23-22-91-24-29-107-30-25-91)10-12-70(97)90(8)21-18-83-78(101)57(6)85-79(102)58(7)84-69(96)17-27-105-32-35-109-38-40-111-42-44-113-46-47-114-45-43-112-41-39-110-36-33-106-28-19-82-68(95)16-20-92-71(98)13-14-72(92)99;9-5-1-2-6(10)8(5)4-3-7(11)12/h11,13-15,50-52,55,57-58,61,87,89,94H,9-10,12,16-49H2,1-8H3,(H,82,95)(H,83,101)(H,84,96)(H,85,102);1-2H,3-4H2,(H,11,12)/b15-11+,62-50?,63-51?,64-50?,65-52?,66-52?,67-51?,76-75?;/t55-,57-,58-,61-;/m0./s1. The van der Waals surface area contributed by atoms with Gasteiger partial charge in [-0.05, 0) is 94.0 Å². The highest BCUT2D eigenvalue weighted by Crippen LogP contribution is 2.45. The first-order valence-corrected chi connectivity index (χ1v) is 43.3. The molecule has 0 spiro atoms. The molecule has 0 aromatic carbocycles. The number of imide groups is 3. The summed E-state index contributed by atoms with van der Waals surface area (Å²) in [6.07, 6.45) is 8.36. The third-order valence-corrected chi connectivity index (χ3v) is 21.5. The van der Waals surface area contributed by atoms with Crippen molar-refractivity contribution in [3.05, 3.63) is 99.2 Å². The van der Waals surface area contributed by atoms with Gasteiger partial charge in [-0.25, -0.2) is 9.78 Å². The fraction of sp³-hybridized carbons (Fsp3) is 0.580. The fourth-order valence-corrected chi connectivity index (χ4v) is 14.2. The summed E-state index contributed by atoms with van der Waals surface area (Å²) in [7, 11) is 1.63. The molecule has 6 aliphatic heterocycles. The van der Waals surface area contributed by atoms with Crippen molar-refractivity contribution in [2.75, 3.05) is 225 Å². The zero-order valence-corrected chi connectivity index (χ0v) is 74.3. The van der Waals surface area contributed by atoms with E-state index in [1.54, 1.807) is 13.1 Å². The number of aromatic amines is 2. The Bertz CT molecular complexity index is 4590. The van der Waals surface area contributed by atoms with Crippen LogP contribution >= 0.6 is 0 Å². The van der Waals surface area contributed by atoms with Crippen molar-refractivity contribution >= 4 is 116 Å². The molecule has 1 fully saturated rings. The van der Waals surface area contributed by atoms with Gasteiger partial charge < -0.3 is 103 Å². The zero-order chi connectivity index (χ0) is 92.4. The quantitative estimate of drug-likeness (QED) is 0.0174. The first kappa shape index (κ1) is 103. The van der Waals surface area contributed by atoms with Gasteiger partial charge in [-0.1, -0.05) is 13.8 Å². The predicted octanol–water partition coefficient (Wildman–Crippen LogP) is 2.37. The van der Waals surface area contributed by atoms with E-state index in [2.05, 4.69) is 36.1 Å². The lowest BCUT2D eigenvalue weighted by atomic mass is 9.84. The number of amides is 11. The second-order valence-corrected chi connectivity index (χ2v) is 30.4. The van der Waals surface area contributed by atoms with Gasteiger partial charge in [-0.15, -0.1) is 0 Å². The normalized spacial score (nSPS) is 16.1. The lowest BCUT2D eigenvalue weighted by Gasteiger charge is -2.31. The summed E-state index contributed by atoms with van der Waals surface area (Å²) in [5.41, 5.74) is 9.29. The number of nitrogens with one attached hydrogen (secondary N) is 6. The molecule has 0 aliphatic carbocycles. The summed E-state index contributed by atoms with van der Waals surface area (Å²) in [4.78, 5) is 188. The molecule has 0 saturated carbocycles. The maximum Gasteiger partial charge on any atom is 0.330 e. The molecule has 702 valence electrons. The minimum absolute atomic E-state index is 0.00721. The van der Waals surface area contributed by atoms with Crippen LogP contribution in [0.3, 0.4) is 0 Å². The molecule has 9 rings (SSSR count). The third-order valence-electron chi connectivity index (χ3n) is 21.5. The van der Waals surface area contributed by atoms with E-state index >= 15 is 4.79 Å². The topological polar surface area (TPSA) is 495 Å². The van der Waals surface area contributed by atoms with Crippen molar-refractivity contribution in [1.29, 1.82) is 0 Å². The van der Waals surface area contributed by atoms with Crippen LogP contribution in [0.2, 0.25) is 0 Å². The van der Waals surface area contributed by atoms with Crippen LogP contribution in [-0.4, -0.2) is 368 Å². The summed E-state index contributed by atoms with van der Waals surface area (Å²) < 4.78 is 65.9. The molecule has 0 unspecified atom stereocenters. The van der Waals surface area contributed by atoms with Crippen LogP contribution in [0.15, 0.2) is 48.6 Å². The summed E-state index contributed by atoms with van der Waals surface area (Å²) in [6, 6.07) is 3.83. The van der Waals surface area contributed by atoms with Crippen LogP contribution in [0, 0.1) is 13.8 Å². The number of ether oxygens (including phenoxy) is 12. The second-order valence-electron chi connectivity index (χ2n) is 30.4. The number of aromatic nitrogens is 4. The van der Waals surface area contributed by atoms with E-state index in [4.69, 9.17) is 77.0 Å².